The first-order chi connectivity index (χ1) is 7.33. The van der Waals surface area contributed by atoms with Gasteiger partial charge in [0.1, 0.15) is 0 Å². The summed E-state index contributed by atoms with van der Waals surface area (Å²) >= 11 is 0. The van der Waals surface area contributed by atoms with Crippen molar-refractivity contribution in [2.24, 2.45) is 5.90 Å². The minimum absolute atomic E-state index is 0.0261. The molecule has 0 unspecified atom stereocenters. The molecule has 4 heteroatoms. The lowest BCUT2D eigenvalue weighted by atomic mass is 10.1. The van der Waals surface area contributed by atoms with E-state index in [1.54, 1.807) is 0 Å². The summed E-state index contributed by atoms with van der Waals surface area (Å²) in [5.41, 5.74) is 1.02. The average Bonchev–Trinajstić information content (AvgIpc) is 2.26. The fourth-order valence-corrected chi connectivity index (χ4v) is 1.23. The first-order valence-electron chi connectivity index (χ1n) is 4.95. The topological polar surface area (TPSA) is 64.3 Å². The van der Waals surface area contributed by atoms with Crippen LogP contribution in [0, 0.1) is 0 Å². The second-order valence-corrected chi connectivity index (χ2v) is 3.24. The molecule has 1 amide bonds. The summed E-state index contributed by atoms with van der Waals surface area (Å²) in [7, 11) is 0. The zero-order valence-electron chi connectivity index (χ0n) is 8.61. The Morgan fingerprint density at radius 3 is 2.73 bits per heavy atom. The van der Waals surface area contributed by atoms with Gasteiger partial charge in [0, 0.05) is 6.54 Å². The second-order valence-electron chi connectivity index (χ2n) is 3.24. The van der Waals surface area contributed by atoms with Crippen molar-refractivity contribution in [2.45, 2.75) is 12.8 Å². The Bertz CT molecular complexity index is 288. The van der Waals surface area contributed by atoms with Crippen molar-refractivity contribution >= 4 is 5.91 Å². The van der Waals surface area contributed by atoms with Crippen LogP contribution in [-0.4, -0.2) is 19.1 Å². The Kier molecular flexibility index (Phi) is 5.43. The van der Waals surface area contributed by atoms with Crippen LogP contribution in [-0.2, 0) is 16.1 Å². The van der Waals surface area contributed by atoms with E-state index in [0.29, 0.717) is 19.6 Å². The highest BCUT2D eigenvalue weighted by Gasteiger charge is 2.01. The summed E-state index contributed by atoms with van der Waals surface area (Å²) in [5.74, 6) is 4.88. The van der Waals surface area contributed by atoms with Crippen LogP contribution in [0.4, 0.5) is 0 Å². The summed E-state index contributed by atoms with van der Waals surface area (Å²) in [6.07, 6.45) is 1.15. The van der Waals surface area contributed by atoms with Gasteiger partial charge in [0.2, 0.25) is 5.91 Å². The largest absolute Gasteiger partial charge is 0.356 e. The highest BCUT2D eigenvalue weighted by Crippen LogP contribution is 1.98. The van der Waals surface area contributed by atoms with Gasteiger partial charge < -0.3 is 10.2 Å². The molecule has 0 atom stereocenters. The van der Waals surface area contributed by atoms with Crippen LogP contribution in [0.15, 0.2) is 30.3 Å². The lowest BCUT2D eigenvalue weighted by Gasteiger charge is -2.04. The highest BCUT2D eigenvalue weighted by atomic mass is 16.6. The molecule has 0 aliphatic heterocycles. The van der Waals surface area contributed by atoms with Crippen LogP contribution in [0.5, 0.6) is 0 Å². The lowest BCUT2D eigenvalue weighted by molar-refractivity contribution is -0.120. The van der Waals surface area contributed by atoms with Gasteiger partial charge in [0.05, 0.1) is 13.0 Å². The van der Waals surface area contributed by atoms with Crippen molar-refractivity contribution in [3.8, 4) is 0 Å². The van der Waals surface area contributed by atoms with Gasteiger partial charge in [-0.2, -0.15) is 0 Å². The monoisotopic (exact) mass is 208 g/mol. The van der Waals surface area contributed by atoms with E-state index < -0.39 is 0 Å². The molecule has 3 N–H and O–H groups in total. The van der Waals surface area contributed by atoms with Crippen molar-refractivity contribution in [3.05, 3.63) is 35.9 Å². The first kappa shape index (κ1) is 11.7. The number of carbonyl (C=O) groups excluding carboxylic acids is 1. The molecule has 0 aromatic heterocycles. The van der Waals surface area contributed by atoms with Gasteiger partial charge in [0.15, 0.2) is 0 Å². The third-order valence-corrected chi connectivity index (χ3v) is 1.97. The minimum atomic E-state index is 0.0261. The Morgan fingerprint density at radius 2 is 2.07 bits per heavy atom. The molecule has 1 rings (SSSR count). The predicted molar refractivity (Wildman–Crippen MR) is 57.9 cm³/mol. The van der Waals surface area contributed by atoms with Crippen LogP contribution in [0.25, 0.3) is 0 Å². The number of hydrogen-bond acceptors (Lipinski definition) is 3. The molecule has 15 heavy (non-hydrogen) atoms. The van der Waals surface area contributed by atoms with Gasteiger partial charge >= 0.3 is 0 Å². The number of nitrogens with one attached hydrogen (secondary N) is 1. The van der Waals surface area contributed by atoms with E-state index >= 15 is 0 Å². The van der Waals surface area contributed by atoms with Crippen molar-refractivity contribution in [1.82, 2.24) is 5.32 Å². The third kappa shape index (κ3) is 5.15. The molecular weight excluding hydrogens is 192 g/mol. The fourth-order valence-electron chi connectivity index (χ4n) is 1.23. The van der Waals surface area contributed by atoms with E-state index in [4.69, 9.17) is 5.90 Å². The van der Waals surface area contributed by atoms with Crippen LogP contribution in [0.1, 0.15) is 12.0 Å². The standard InChI is InChI=1S/C11H16N2O2/c12-15-8-4-7-13-11(14)9-10-5-2-1-3-6-10/h1-3,5-6H,4,7-9,12H2,(H,13,14). The molecule has 0 saturated carbocycles. The minimum Gasteiger partial charge on any atom is -0.356 e. The van der Waals surface area contributed by atoms with Gasteiger partial charge in [-0.05, 0) is 12.0 Å². The highest BCUT2D eigenvalue weighted by molar-refractivity contribution is 5.78. The molecular formula is C11H16N2O2. The molecule has 1 aromatic carbocycles. The SMILES string of the molecule is NOCCCNC(=O)Cc1ccccc1. The van der Waals surface area contributed by atoms with Crippen LogP contribution < -0.4 is 11.2 Å². The predicted octanol–water partition coefficient (Wildman–Crippen LogP) is 0.626. The molecule has 0 aliphatic rings. The smallest absolute Gasteiger partial charge is 0.224 e. The summed E-state index contributed by atoms with van der Waals surface area (Å²) in [5, 5.41) is 2.79. The molecule has 0 bridgehead atoms. The maximum absolute atomic E-state index is 11.4. The molecule has 82 valence electrons. The van der Waals surface area contributed by atoms with Gasteiger partial charge in [-0.1, -0.05) is 30.3 Å². The molecule has 1 aromatic rings. The lowest BCUT2D eigenvalue weighted by Crippen LogP contribution is -2.27. The Labute approximate surface area is 89.4 Å². The van der Waals surface area contributed by atoms with Gasteiger partial charge in [0.25, 0.3) is 0 Å². The van der Waals surface area contributed by atoms with Crippen molar-refractivity contribution in [2.75, 3.05) is 13.2 Å². The van der Waals surface area contributed by atoms with Gasteiger partial charge in [-0.15, -0.1) is 0 Å². The van der Waals surface area contributed by atoms with E-state index in [2.05, 4.69) is 10.2 Å². The number of carbonyl (C=O) groups is 1. The first-order valence-corrected chi connectivity index (χ1v) is 4.95. The summed E-state index contributed by atoms with van der Waals surface area (Å²) < 4.78 is 0. The number of hydrogen-bond donors (Lipinski definition) is 2. The molecule has 0 fully saturated rings. The van der Waals surface area contributed by atoms with Crippen LogP contribution in [0.2, 0.25) is 0 Å². The number of nitrogens with two attached hydrogens (primary N) is 1. The fraction of sp³-hybridized carbons (Fsp3) is 0.364. The molecule has 4 nitrogen and oxygen atoms in total. The van der Waals surface area contributed by atoms with E-state index in [9.17, 15) is 4.79 Å². The maximum Gasteiger partial charge on any atom is 0.224 e. The van der Waals surface area contributed by atoms with Gasteiger partial charge in [-0.3, -0.25) is 4.79 Å². The molecule has 0 radical (unpaired) electrons. The Hall–Kier alpha value is -1.39. The van der Waals surface area contributed by atoms with Gasteiger partial charge in [-0.25, -0.2) is 5.90 Å². The maximum atomic E-state index is 11.4. The second kappa shape index (κ2) is 6.98. The number of benzene rings is 1. The van der Waals surface area contributed by atoms with Crippen molar-refractivity contribution in [1.29, 1.82) is 0 Å². The number of rotatable bonds is 6. The average molecular weight is 208 g/mol. The van der Waals surface area contributed by atoms with E-state index in [1.807, 2.05) is 30.3 Å². The number of amides is 1. The third-order valence-electron chi connectivity index (χ3n) is 1.97. The zero-order valence-corrected chi connectivity index (χ0v) is 8.61. The molecule has 0 saturated heterocycles. The molecule has 0 spiro atoms. The Balaban J connectivity index is 2.19. The summed E-state index contributed by atoms with van der Waals surface area (Å²) in [4.78, 5) is 15.8. The molecule has 0 heterocycles. The van der Waals surface area contributed by atoms with Crippen LogP contribution >= 0.6 is 0 Å². The molecule has 0 aliphatic carbocycles. The summed E-state index contributed by atoms with van der Waals surface area (Å²) in [6.45, 7) is 1.06. The van der Waals surface area contributed by atoms with Crippen molar-refractivity contribution in [3.63, 3.8) is 0 Å². The van der Waals surface area contributed by atoms with Crippen molar-refractivity contribution < 1.29 is 9.63 Å². The zero-order chi connectivity index (χ0) is 10.9. The Morgan fingerprint density at radius 1 is 1.33 bits per heavy atom. The summed E-state index contributed by atoms with van der Waals surface area (Å²) in [6, 6.07) is 9.64. The van der Waals surface area contributed by atoms with E-state index in [-0.39, 0.29) is 5.91 Å². The normalized spacial score (nSPS) is 9.93. The quantitative estimate of drug-likeness (QED) is 0.532. The van der Waals surface area contributed by atoms with E-state index in [1.165, 1.54) is 0 Å². The van der Waals surface area contributed by atoms with Crippen LogP contribution in [0.3, 0.4) is 0 Å². The van der Waals surface area contributed by atoms with E-state index in [0.717, 1.165) is 12.0 Å².